The standard InChI is InChI=1S/C17H16N4OS/c1-5-8-21-14-7-6-11(2)9-15(14)23-17(21)18-16(22)13-10-12(3)20(4)19-13/h1,6-7,9-10H,8H2,2-4H3. The number of nitrogens with zero attached hydrogens (tertiary/aromatic N) is 4. The highest BCUT2D eigenvalue weighted by molar-refractivity contribution is 7.16. The lowest BCUT2D eigenvalue weighted by Gasteiger charge is -1.99. The SMILES string of the molecule is C#CCn1c(=NC(=O)c2cc(C)n(C)n2)sc2cc(C)ccc21. The van der Waals surface area contributed by atoms with Crippen LogP contribution < -0.4 is 4.80 Å². The summed E-state index contributed by atoms with van der Waals surface area (Å²) in [6.45, 7) is 4.30. The molecule has 1 aromatic carbocycles. The van der Waals surface area contributed by atoms with Crippen molar-refractivity contribution < 1.29 is 4.79 Å². The molecule has 0 aliphatic heterocycles. The Balaban J connectivity index is 2.16. The normalized spacial score (nSPS) is 11.8. The molecule has 5 nitrogen and oxygen atoms in total. The summed E-state index contributed by atoms with van der Waals surface area (Å²) in [4.78, 5) is 17.2. The first kappa shape index (κ1) is 15.3. The Kier molecular flexibility index (Phi) is 3.89. The molecule has 116 valence electrons. The molecule has 0 bridgehead atoms. The Labute approximate surface area is 137 Å². The maximum atomic E-state index is 12.4. The van der Waals surface area contributed by atoms with E-state index in [1.165, 1.54) is 11.3 Å². The van der Waals surface area contributed by atoms with E-state index < -0.39 is 0 Å². The molecule has 1 amide bonds. The monoisotopic (exact) mass is 324 g/mol. The Morgan fingerprint density at radius 1 is 1.39 bits per heavy atom. The summed E-state index contributed by atoms with van der Waals surface area (Å²) in [6.07, 6.45) is 5.47. The van der Waals surface area contributed by atoms with Gasteiger partial charge < -0.3 is 4.57 Å². The van der Waals surface area contributed by atoms with Crippen LogP contribution in [0.15, 0.2) is 29.3 Å². The predicted octanol–water partition coefficient (Wildman–Crippen LogP) is 2.43. The second-order valence-corrected chi connectivity index (χ2v) is 6.37. The largest absolute Gasteiger partial charge is 0.305 e. The van der Waals surface area contributed by atoms with Crippen molar-refractivity contribution in [2.24, 2.45) is 12.0 Å². The number of thiazole rings is 1. The molecule has 0 saturated heterocycles. The highest BCUT2D eigenvalue weighted by Gasteiger charge is 2.12. The maximum absolute atomic E-state index is 12.4. The molecule has 0 unspecified atom stereocenters. The summed E-state index contributed by atoms with van der Waals surface area (Å²) < 4.78 is 4.60. The van der Waals surface area contributed by atoms with Crippen LogP contribution in [0, 0.1) is 26.2 Å². The van der Waals surface area contributed by atoms with E-state index in [1.807, 2.05) is 30.5 Å². The van der Waals surface area contributed by atoms with E-state index in [0.717, 1.165) is 21.5 Å². The van der Waals surface area contributed by atoms with Gasteiger partial charge in [0.2, 0.25) is 0 Å². The lowest BCUT2D eigenvalue weighted by Crippen LogP contribution is -2.16. The van der Waals surface area contributed by atoms with Crippen LogP contribution in [-0.2, 0) is 13.6 Å². The van der Waals surface area contributed by atoms with E-state index in [9.17, 15) is 4.79 Å². The quantitative estimate of drug-likeness (QED) is 0.680. The summed E-state index contributed by atoms with van der Waals surface area (Å²) in [5.41, 5.74) is 3.39. The number of carbonyl (C=O) groups excluding carboxylic acids is 1. The van der Waals surface area contributed by atoms with Gasteiger partial charge >= 0.3 is 0 Å². The fourth-order valence-electron chi connectivity index (χ4n) is 2.32. The third-order valence-corrected chi connectivity index (χ3v) is 4.66. The van der Waals surface area contributed by atoms with Gasteiger partial charge in [-0.2, -0.15) is 10.1 Å². The first-order valence-electron chi connectivity index (χ1n) is 7.13. The van der Waals surface area contributed by atoms with Crippen LogP contribution in [0.2, 0.25) is 0 Å². The molecule has 3 rings (SSSR count). The molecule has 0 saturated carbocycles. The van der Waals surface area contributed by atoms with E-state index in [1.54, 1.807) is 17.8 Å². The van der Waals surface area contributed by atoms with Gasteiger partial charge in [0.05, 0.1) is 16.8 Å². The third kappa shape index (κ3) is 2.83. The smallest absolute Gasteiger partial charge is 0.300 e. The Morgan fingerprint density at radius 2 is 2.17 bits per heavy atom. The van der Waals surface area contributed by atoms with Gasteiger partial charge in [0.25, 0.3) is 5.91 Å². The van der Waals surface area contributed by atoms with Crippen molar-refractivity contribution in [3.8, 4) is 12.3 Å². The molecule has 23 heavy (non-hydrogen) atoms. The molecule has 0 N–H and O–H groups in total. The number of hydrogen-bond donors (Lipinski definition) is 0. The number of carbonyl (C=O) groups is 1. The fourth-order valence-corrected chi connectivity index (χ4v) is 3.45. The number of amides is 1. The molecule has 0 fully saturated rings. The predicted molar refractivity (Wildman–Crippen MR) is 91.2 cm³/mol. The third-order valence-electron chi connectivity index (χ3n) is 3.62. The van der Waals surface area contributed by atoms with Crippen molar-refractivity contribution >= 4 is 27.5 Å². The number of terminal acetylenes is 1. The molecule has 0 spiro atoms. The van der Waals surface area contributed by atoms with Crippen LogP contribution in [0.5, 0.6) is 0 Å². The molecule has 2 aromatic heterocycles. The van der Waals surface area contributed by atoms with Gasteiger partial charge in [-0.25, -0.2) is 0 Å². The first-order chi connectivity index (χ1) is 11.0. The van der Waals surface area contributed by atoms with Gasteiger partial charge in [-0.1, -0.05) is 23.3 Å². The summed E-state index contributed by atoms with van der Waals surface area (Å²) in [7, 11) is 1.80. The zero-order valence-electron chi connectivity index (χ0n) is 13.2. The number of benzene rings is 1. The number of aryl methyl sites for hydroxylation is 3. The molecule has 0 aliphatic carbocycles. The van der Waals surface area contributed by atoms with Gasteiger partial charge in [0.1, 0.15) is 0 Å². The van der Waals surface area contributed by atoms with Gasteiger partial charge in [-0.05, 0) is 37.6 Å². The van der Waals surface area contributed by atoms with Crippen molar-refractivity contribution in [2.75, 3.05) is 0 Å². The summed E-state index contributed by atoms with van der Waals surface area (Å²) >= 11 is 1.46. The van der Waals surface area contributed by atoms with Gasteiger partial charge in [-0.3, -0.25) is 9.48 Å². The van der Waals surface area contributed by atoms with Gasteiger partial charge in [-0.15, -0.1) is 6.42 Å². The van der Waals surface area contributed by atoms with Crippen molar-refractivity contribution in [2.45, 2.75) is 20.4 Å². The Hall–Kier alpha value is -2.65. The van der Waals surface area contributed by atoms with Crippen LogP contribution in [-0.4, -0.2) is 20.3 Å². The highest BCUT2D eigenvalue weighted by Crippen LogP contribution is 2.19. The fraction of sp³-hybridized carbons (Fsp3) is 0.235. The van der Waals surface area contributed by atoms with Crippen molar-refractivity contribution in [3.63, 3.8) is 0 Å². The summed E-state index contributed by atoms with van der Waals surface area (Å²) in [5, 5.41) is 4.18. The van der Waals surface area contributed by atoms with E-state index in [-0.39, 0.29) is 5.91 Å². The molecule has 6 heteroatoms. The molecule has 0 aliphatic rings. The van der Waals surface area contributed by atoms with Crippen molar-refractivity contribution in [1.82, 2.24) is 14.3 Å². The van der Waals surface area contributed by atoms with E-state index in [2.05, 4.69) is 22.1 Å². The average Bonchev–Trinajstić information content (AvgIpc) is 3.00. The van der Waals surface area contributed by atoms with E-state index >= 15 is 0 Å². The molecule has 0 radical (unpaired) electrons. The van der Waals surface area contributed by atoms with Crippen LogP contribution in [0.25, 0.3) is 10.2 Å². The number of aromatic nitrogens is 3. The van der Waals surface area contributed by atoms with Crippen LogP contribution in [0.1, 0.15) is 21.7 Å². The minimum Gasteiger partial charge on any atom is -0.305 e. The molecule has 2 heterocycles. The Morgan fingerprint density at radius 3 is 2.83 bits per heavy atom. The van der Waals surface area contributed by atoms with Crippen LogP contribution in [0.4, 0.5) is 0 Å². The molecular formula is C17H16N4OS. The second kappa shape index (κ2) is 5.86. The van der Waals surface area contributed by atoms with Gasteiger partial charge in [0.15, 0.2) is 10.5 Å². The van der Waals surface area contributed by atoms with E-state index in [4.69, 9.17) is 6.42 Å². The molecular weight excluding hydrogens is 308 g/mol. The van der Waals surface area contributed by atoms with Crippen LogP contribution >= 0.6 is 11.3 Å². The zero-order chi connectivity index (χ0) is 16.6. The topological polar surface area (TPSA) is 52.2 Å². The molecule has 3 aromatic rings. The summed E-state index contributed by atoms with van der Waals surface area (Å²) in [5.74, 6) is 2.26. The lowest BCUT2D eigenvalue weighted by molar-refractivity contribution is 0.0992. The van der Waals surface area contributed by atoms with E-state index in [0.29, 0.717) is 17.0 Å². The highest BCUT2D eigenvalue weighted by atomic mass is 32.1. The van der Waals surface area contributed by atoms with Crippen molar-refractivity contribution in [3.05, 3.63) is 46.0 Å². The zero-order valence-corrected chi connectivity index (χ0v) is 14.0. The second-order valence-electron chi connectivity index (χ2n) is 5.36. The Bertz CT molecular complexity index is 994. The maximum Gasteiger partial charge on any atom is 0.300 e. The van der Waals surface area contributed by atoms with Gasteiger partial charge in [0, 0.05) is 12.7 Å². The van der Waals surface area contributed by atoms with Crippen LogP contribution in [0.3, 0.4) is 0 Å². The van der Waals surface area contributed by atoms with Crippen molar-refractivity contribution in [1.29, 1.82) is 0 Å². The number of hydrogen-bond acceptors (Lipinski definition) is 3. The molecule has 0 atom stereocenters. The first-order valence-corrected chi connectivity index (χ1v) is 7.94. The minimum atomic E-state index is -0.359. The summed E-state index contributed by atoms with van der Waals surface area (Å²) in [6, 6.07) is 7.83. The number of rotatable bonds is 2. The average molecular weight is 324 g/mol. The lowest BCUT2D eigenvalue weighted by atomic mass is 10.2. The number of fused-ring (bicyclic) bond motifs is 1. The minimum absolute atomic E-state index is 0.339.